The van der Waals surface area contributed by atoms with Crippen LogP contribution in [0.15, 0.2) is 30.3 Å². The standard InChI is InChI=1S/C14H20O/c1-3-9-15-11(2)13-10-14(13)12-7-5-4-6-8-12/h4-8,11,13-14H,3,9-10H2,1-2H3/t11-,13+,14-/m1/s1. The molecule has 0 N–H and O–H groups in total. The summed E-state index contributed by atoms with van der Waals surface area (Å²) in [6, 6.07) is 10.8. The summed E-state index contributed by atoms with van der Waals surface area (Å²) < 4.78 is 5.77. The molecule has 2 rings (SSSR count). The zero-order chi connectivity index (χ0) is 10.7. The molecule has 0 amide bonds. The Morgan fingerprint density at radius 1 is 1.33 bits per heavy atom. The van der Waals surface area contributed by atoms with Gasteiger partial charge in [-0.3, -0.25) is 0 Å². The lowest BCUT2D eigenvalue weighted by molar-refractivity contribution is 0.0503. The number of benzene rings is 1. The van der Waals surface area contributed by atoms with Gasteiger partial charge in [-0.2, -0.15) is 0 Å². The van der Waals surface area contributed by atoms with Crippen molar-refractivity contribution >= 4 is 0 Å². The smallest absolute Gasteiger partial charge is 0.0581 e. The molecule has 1 aliphatic carbocycles. The largest absolute Gasteiger partial charge is 0.378 e. The second-order valence-corrected chi connectivity index (χ2v) is 4.49. The molecule has 0 unspecified atom stereocenters. The third-order valence-corrected chi connectivity index (χ3v) is 3.26. The molecule has 0 bridgehead atoms. The summed E-state index contributed by atoms with van der Waals surface area (Å²) in [6.07, 6.45) is 2.84. The van der Waals surface area contributed by atoms with Gasteiger partial charge in [-0.05, 0) is 37.2 Å². The first kappa shape index (κ1) is 10.7. The van der Waals surface area contributed by atoms with Gasteiger partial charge in [-0.15, -0.1) is 0 Å². The molecule has 82 valence electrons. The Hall–Kier alpha value is -0.820. The molecular formula is C14H20O. The average molecular weight is 204 g/mol. The second-order valence-electron chi connectivity index (χ2n) is 4.49. The molecule has 0 saturated heterocycles. The van der Waals surface area contributed by atoms with Gasteiger partial charge in [0.2, 0.25) is 0 Å². The summed E-state index contributed by atoms with van der Waals surface area (Å²) in [5.74, 6) is 1.50. The normalized spacial score (nSPS) is 26.3. The fraction of sp³-hybridized carbons (Fsp3) is 0.571. The summed E-state index contributed by atoms with van der Waals surface area (Å²) >= 11 is 0. The Kier molecular flexibility index (Phi) is 3.42. The molecule has 1 aliphatic rings. The Labute approximate surface area is 92.5 Å². The Morgan fingerprint density at radius 3 is 2.73 bits per heavy atom. The fourth-order valence-corrected chi connectivity index (χ4v) is 2.24. The molecule has 0 aromatic heterocycles. The Bertz CT molecular complexity index is 293. The van der Waals surface area contributed by atoms with Gasteiger partial charge in [0.15, 0.2) is 0 Å². The van der Waals surface area contributed by atoms with Gasteiger partial charge < -0.3 is 4.74 Å². The average Bonchev–Trinajstić information content (AvgIpc) is 3.07. The highest BCUT2D eigenvalue weighted by molar-refractivity contribution is 5.26. The first-order chi connectivity index (χ1) is 7.33. The van der Waals surface area contributed by atoms with Gasteiger partial charge >= 0.3 is 0 Å². The van der Waals surface area contributed by atoms with Gasteiger partial charge in [0.1, 0.15) is 0 Å². The van der Waals surface area contributed by atoms with Crippen molar-refractivity contribution in [1.82, 2.24) is 0 Å². The molecule has 1 fully saturated rings. The maximum absolute atomic E-state index is 5.77. The fourth-order valence-electron chi connectivity index (χ4n) is 2.24. The van der Waals surface area contributed by atoms with E-state index in [-0.39, 0.29) is 0 Å². The molecule has 0 heterocycles. The number of hydrogen-bond acceptors (Lipinski definition) is 1. The van der Waals surface area contributed by atoms with Gasteiger partial charge in [0.05, 0.1) is 6.10 Å². The SMILES string of the molecule is CCCO[C@H](C)[C@@H]1C[C@@H]1c1ccccc1. The number of rotatable bonds is 5. The highest BCUT2D eigenvalue weighted by Crippen LogP contribution is 2.50. The van der Waals surface area contributed by atoms with Crippen molar-refractivity contribution in [3.8, 4) is 0 Å². The van der Waals surface area contributed by atoms with E-state index in [9.17, 15) is 0 Å². The third-order valence-electron chi connectivity index (χ3n) is 3.26. The van der Waals surface area contributed by atoms with Crippen molar-refractivity contribution in [3.63, 3.8) is 0 Å². The zero-order valence-corrected chi connectivity index (χ0v) is 9.65. The summed E-state index contributed by atoms with van der Waals surface area (Å²) in [5, 5.41) is 0. The molecule has 1 nitrogen and oxygen atoms in total. The minimum Gasteiger partial charge on any atom is -0.378 e. The quantitative estimate of drug-likeness (QED) is 0.712. The number of ether oxygens (including phenoxy) is 1. The van der Waals surface area contributed by atoms with Crippen LogP contribution in [-0.4, -0.2) is 12.7 Å². The van der Waals surface area contributed by atoms with Gasteiger partial charge in [0.25, 0.3) is 0 Å². The van der Waals surface area contributed by atoms with E-state index in [1.165, 1.54) is 12.0 Å². The predicted octanol–water partition coefficient (Wildman–Crippen LogP) is 3.61. The van der Waals surface area contributed by atoms with Crippen molar-refractivity contribution < 1.29 is 4.74 Å². The van der Waals surface area contributed by atoms with E-state index in [4.69, 9.17) is 4.74 Å². The van der Waals surface area contributed by atoms with Crippen molar-refractivity contribution in [2.24, 2.45) is 5.92 Å². The van der Waals surface area contributed by atoms with Crippen molar-refractivity contribution in [3.05, 3.63) is 35.9 Å². The minimum absolute atomic E-state index is 0.426. The molecule has 1 heteroatoms. The van der Waals surface area contributed by atoms with Crippen LogP contribution in [0.25, 0.3) is 0 Å². The van der Waals surface area contributed by atoms with E-state index in [1.54, 1.807) is 0 Å². The maximum Gasteiger partial charge on any atom is 0.0581 e. The minimum atomic E-state index is 0.426. The van der Waals surface area contributed by atoms with Crippen LogP contribution in [0.3, 0.4) is 0 Å². The van der Waals surface area contributed by atoms with Crippen LogP contribution in [-0.2, 0) is 4.74 Å². The van der Waals surface area contributed by atoms with E-state index in [2.05, 4.69) is 44.2 Å². The van der Waals surface area contributed by atoms with E-state index in [1.807, 2.05) is 0 Å². The predicted molar refractivity (Wildman–Crippen MR) is 63.0 cm³/mol. The Balaban J connectivity index is 1.85. The van der Waals surface area contributed by atoms with E-state index >= 15 is 0 Å². The molecule has 3 atom stereocenters. The number of hydrogen-bond donors (Lipinski definition) is 0. The van der Waals surface area contributed by atoms with Crippen LogP contribution in [0.4, 0.5) is 0 Å². The first-order valence-corrected chi connectivity index (χ1v) is 5.99. The van der Waals surface area contributed by atoms with Crippen LogP contribution < -0.4 is 0 Å². The van der Waals surface area contributed by atoms with Gasteiger partial charge in [0, 0.05) is 6.61 Å². The monoisotopic (exact) mass is 204 g/mol. The summed E-state index contributed by atoms with van der Waals surface area (Å²) in [6.45, 7) is 5.27. The molecule has 0 spiro atoms. The lowest BCUT2D eigenvalue weighted by Crippen LogP contribution is -2.12. The van der Waals surface area contributed by atoms with Gasteiger partial charge in [-0.25, -0.2) is 0 Å². The van der Waals surface area contributed by atoms with E-state index < -0.39 is 0 Å². The summed E-state index contributed by atoms with van der Waals surface area (Å²) in [7, 11) is 0. The van der Waals surface area contributed by atoms with E-state index in [0.717, 1.165) is 24.9 Å². The van der Waals surface area contributed by atoms with Crippen LogP contribution in [0.2, 0.25) is 0 Å². The maximum atomic E-state index is 5.77. The zero-order valence-electron chi connectivity index (χ0n) is 9.65. The Morgan fingerprint density at radius 2 is 2.07 bits per heavy atom. The molecule has 1 saturated carbocycles. The molecule has 1 aromatic rings. The lowest BCUT2D eigenvalue weighted by Gasteiger charge is -2.11. The highest BCUT2D eigenvalue weighted by atomic mass is 16.5. The third kappa shape index (κ3) is 2.60. The highest BCUT2D eigenvalue weighted by Gasteiger charge is 2.42. The van der Waals surface area contributed by atoms with Gasteiger partial charge in [-0.1, -0.05) is 37.3 Å². The second kappa shape index (κ2) is 4.80. The van der Waals surface area contributed by atoms with Crippen molar-refractivity contribution in [2.45, 2.75) is 38.7 Å². The molecule has 1 aromatic carbocycles. The molecule has 0 aliphatic heterocycles. The molecule has 15 heavy (non-hydrogen) atoms. The van der Waals surface area contributed by atoms with Crippen LogP contribution >= 0.6 is 0 Å². The lowest BCUT2D eigenvalue weighted by atomic mass is 10.1. The van der Waals surface area contributed by atoms with Crippen molar-refractivity contribution in [2.75, 3.05) is 6.61 Å². The summed E-state index contributed by atoms with van der Waals surface area (Å²) in [4.78, 5) is 0. The van der Waals surface area contributed by atoms with E-state index in [0.29, 0.717) is 6.10 Å². The van der Waals surface area contributed by atoms with Crippen LogP contribution in [0.1, 0.15) is 38.2 Å². The van der Waals surface area contributed by atoms with Crippen molar-refractivity contribution in [1.29, 1.82) is 0 Å². The topological polar surface area (TPSA) is 9.23 Å². The molecular weight excluding hydrogens is 184 g/mol. The first-order valence-electron chi connectivity index (χ1n) is 5.99. The molecule has 0 radical (unpaired) electrons. The van der Waals surface area contributed by atoms with Crippen LogP contribution in [0, 0.1) is 5.92 Å². The summed E-state index contributed by atoms with van der Waals surface area (Å²) in [5.41, 5.74) is 1.48. The van der Waals surface area contributed by atoms with Crippen LogP contribution in [0.5, 0.6) is 0 Å².